The summed E-state index contributed by atoms with van der Waals surface area (Å²) >= 11 is 0.942. The number of nitrogens with one attached hydrogen (secondary N) is 2. The summed E-state index contributed by atoms with van der Waals surface area (Å²) < 4.78 is 54.1. The van der Waals surface area contributed by atoms with Crippen LogP contribution in [0.25, 0.3) is 21.1 Å². The number of piperidine rings is 1. The normalized spacial score (nSPS) is 21.2. The van der Waals surface area contributed by atoms with Crippen molar-refractivity contribution in [1.29, 1.82) is 5.26 Å². The molecular weight excluding hydrogens is 494 g/mol. The topological polar surface area (TPSA) is 107 Å². The van der Waals surface area contributed by atoms with Crippen molar-refractivity contribution in [3.05, 3.63) is 52.3 Å². The minimum Gasteiger partial charge on any atom is -0.362 e. The maximum absolute atomic E-state index is 15.6. The number of nitrogens with zero attached hydrogens (tertiary/aromatic N) is 4. The Morgan fingerprint density at radius 3 is 2.83 bits per heavy atom. The second-order valence-corrected chi connectivity index (χ2v) is 10.3. The first kappa shape index (κ1) is 24.4. The molecule has 0 saturated carbocycles. The number of benzene rings is 1. The number of hydrogen-bond donors (Lipinski definition) is 3. The van der Waals surface area contributed by atoms with Gasteiger partial charge in [0.05, 0.1) is 17.8 Å². The third-order valence-corrected chi connectivity index (χ3v) is 7.59. The lowest BCUT2D eigenvalue weighted by molar-refractivity contribution is -0.126. The Kier molecular flexibility index (Phi) is 6.10. The highest BCUT2D eigenvalue weighted by Gasteiger charge is 2.41. The first-order chi connectivity index (χ1) is 17.0. The summed E-state index contributed by atoms with van der Waals surface area (Å²) in [7, 11) is 0. The van der Waals surface area contributed by atoms with Crippen LogP contribution in [0.4, 0.5) is 23.4 Å². The van der Waals surface area contributed by atoms with Crippen molar-refractivity contribution >= 4 is 38.3 Å². The fraction of sp³-hybridized carbons (Fsp3) is 0.375. The second kappa shape index (κ2) is 8.99. The zero-order chi connectivity index (χ0) is 25.7. The van der Waals surface area contributed by atoms with Crippen LogP contribution in [-0.4, -0.2) is 51.0 Å². The second-order valence-electron chi connectivity index (χ2n) is 9.17. The van der Waals surface area contributed by atoms with Crippen molar-refractivity contribution in [3.8, 4) is 6.07 Å². The van der Waals surface area contributed by atoms with E-state index >= 15 is 4.39 Å². The third-order valence-electron chi connectivity index (χ3n) is 6.54. The van der Waals surface area contributed by atoms with Crippen molar-refractivity contribution in [1.82, 2.24) is 19.9 Å². The van der Waals surface area contributed by atoms with E-state index in [1.54, 1.807) is 6.07 Å². The summed E-state index contributed by atoms with van der Waals surface area (Å²) in [4.78, 5) is 13.7. The third kappa shape index (κ3) is 4.86. The Morgan fingerprint density at radius 1 is 1.31 bits per heavy atom. The molecule has 2 unspecified atom stereocenters. The van der Waals surface area contributed by atoms with Crippen molar-refractivity contribution < 1.29 is 17.6 Å². The number of thiophene rings is 1. The quantitative estimate of drug-likeness (QED) is 0.260. The lowest BCUT2D eigenvalue weighted by atomic mass is 9.96. The fourth-order valence-electron chi connectivity index (χ4n) is 4.75. The number of H-pyrrole nitrogens is 1. The Balaban J connectivity index is 1.31. The predicted octanol–water partition coefficient (Wildman–Crippen LogP) is 4.77. The van der Waals surface area contributed by atoms with Gasteiger partial charge in [-0.15, -0.1) is 11.3 Å². The SMILES string of the molecule is Cc1c(CN2CCC(Nc3ncnc4sc(CC(F)(F)F)cc34)C(N)(F)C2)ccc2[nH]c(C#N)cc12. The molecule has 1 aromatic carbocycles. The van der Waals surface area contributed by atoms with E-state index in [0.29, 0.717) is 35.4 Å². The Bertz CT molecular complexity index is 1470. The first-order valence-electron chi connectivity index (χ1n) is 11.3. The summed E-state index contributed by atoms with van der Waals surface area (Å²) in [6.45, 7) is 3.00. The Hall–Kier alpha value is -3.27. The molecule has 0 bridgehead atoms. The number of nitrogens with two attached hydrogens (primary N) is 1. The lowest BCUT2D eigenvalue weighted by Gasteiger charge is -2.41. The Morgan fingerprint density at radius 2 is 2.11 bits per heavy atom. The molecule has 36 heavy (non-hydrogen) atoms. The molecule has 4 aromatic rings. The molecule has 0 spiro atoms. The van der Waals surface area contributed by atoms with E-state index in [1.807, 2.05) is 24.0 Å². The van der Waals surface area contributed by atoms with Crippen LogP contribution in [0.1, 0.15) is 28.1 Å². The average molecular weight is 518 g/mol. The highest BCUT2D eigenvalue weighted by molar-refractivity contribution is 7.18. The number of nitriles is 1. The van der Waals surface area contributed by atoms with Crippen molar-refractivity contribution in [3.63, 3.8) is 0 Å². The molecule has 1 saturated heterocycles. The molecule has 1 aliphatic heterocycles. The highest BCUT2D eigenvalue weighted by atomic mass is 32.1. The number of fused-ring (bicyclic) bond motifs is 2. The molecule has 4 N–H and O–H groups in total. The highest BCUT2D eigenvalue weighted by Crippen LogP contribution is 2.34. The minimum absolute atomic E-state index is 0.0318. The molecule has 4 heterocycles. The fourth-order valence-corrected chi connectivity index (χ4v) is 5.77. The van der Waals surface area contributed by atoms with E-state index in [9.17, 15) is 13.2 Å². The van der Waals surface area contributed by atoms with Crippen LogP contribution in [0.15, 0.2) is 30.6 Å². The maximum Gasteiger partial charge on any atom is 0.393 e. The van der Waals surface area contributed by atoms with Gasteiger partial charge in [-0.2, -0.15) is 18.4 Å². The molecule has 3 aromatic heterocycles. The molecule has 0 radical (unpaired) electrons. The van der Waals surface area contributed by atoms with Gasteiger partial charge in [0.25, 0.3) is 0 Å². The molecule has 5 rings (SSSR count). The van der Waals surface area contributed by atoms with E-state index in [4.69, 9.17) is 11.0 Å². The van der Waals surface area contributed by atoms with Gasteiger partial charge in [0.1, 0.15) is 28.7 Å². The van der Waals surface area contributed by atoms with Gasteiger partial charge >= 0.3 is 6.18 Å². The summed E-state index contributed by atoms with van der Waals surface area (Å²) in [5.41, 5.74) is 9.48. The van der Waals surface area contributed by atoms with Crippen LogP contribution in [-0.2, 0) is 13.0 Å². The number of aromatic nitrogens is 3. The van der Waals surface area contributed by atoms with Crippen LogP contribution in [0.3, 0.4) is 0 Å². The number of alkyl halides is 4. The number of anilines is 1. The Labute approximate surface area is 207 Å². The largest absolute Gasteiger partial charge is 0.393 e. The summed E-state index contributed by atoms with van der Waals surface area (Å²) in [6.07, 6.45) is -3.76. The molecule has 7 nitrogen and oxygen atoms in total. The van der Waals surface area contributed by atoms with Gasteiger partial charge in [-0.3, -0.25) is 10.6 Å². The molecule has 0 amide bonds. The van der Waals surface area contributed by atoms with Gasteiger partial charge in [-0.05, 0) is 42.7 Å². The van der Waals surface area contributed by atoms with E-state index in [0.717, 1.165) is 33.4 Å². The summed E-state index contributed by atoms with van der Waals surface area (Å²) in [5, 5.41) is 13.6. The van der Waals surface area contributed by atoms with Gasteiger partial charge in [-0.1, -0.05) is 6.07 Å². The molecule has 12 heteroatoms. The zero-order valence-corrected chi connectivity index (χ0v) is 20.1. The number of halogens is 4. The minimum atomic E-state index is -4.33. The van der Waals surface area contributed by atoms with Gasteiger partial charge in [0, 0.05) is 35.4 Å². The predicted molar refractivity (Wildman–Crippen MR) is 130 cm³/mol. The van der Waals surface area contributed by atoms with Gasteiger partial charge in [0.15, 0.2) is 5.79 Å². The molecule has 188 valence electrons. The number of rotatable bonds is 5. The first-order valence-corrected chi connectivity index (χ1v) is 12.1. The summed E-state index contributed by atoms with van der Waals surface area (Å²) in [5.74, 6) is -1.82. The maximum atomic E-state index is 15.6. The molecule has 0 aliphatic carbocycles. The average Bonchev–Trinajstić information content (AvgIpc) is 3.40. The van der Waals surface area contributed by atoms with Crippen molar-refractivity contribution in [2.75, 3.05) is 18.4 Å². The van der Waals surface area contributed by atoms with Crippen molar-refractivity contribution in [2.45, 2.75) is 44.3 Å². The van der Waals surface area contributed by atoms with Gasteiger partial charge in [-0.25, -0.2) is 14.4 Å². The van der Waals surface area contributed by atoms with Crippen LogP contribution in [0.2, 0.25) is 0 Å². The molecule has 2 atom stereocenters. The zero-order valence-electron chi connectivity index (χ0n) is 19.3. The van der Waals surface area contributed by atoms with E-state index < -0.39 is 24.4 Å². The number of likely N-dealkylation sites (tertiary alicyclic amines) is 1. The van der Waals surface area contributed by atoms with E-state index in [-0.39, 0.29) is 17.2 Å². The molecule has 1 fully saturated rings. The monoisotopic (exact) mass is 517 g/mol. The van der Waals surface area contributed by atoms with Crippen LogP contribution < -0.4 is 11.1 Å². The van der Waals surface area contributed by atoms with Crippen LogP contribution >= 0.6 is 11.3 Å². The van der Waals surface area contributed by atoms with Crippen LogP contribution in [0.5, 0.6) is 0 Å². The van der Waals surface area contributed by atoms with E-state index in [2.05, 4.69) is 26.3 Å². The number of aromatic amines is 1. The summed E-state index contributed by atoms with van der Waals surface area (Å²) in [6, 6.07) is 8.41. The molecule has 1 aliphatic rings. The lowest BCUT2D eigenvalue weighted by Crippen LogP contribution is -2.62. The molecular formula is C24H23F4N7S. The van der Waals surface area contributed by atoms with Crippen LogP contribution in [0, 0.1) is 18.3 Å². The van der Waals surface area contributed by atoms with Gasteiger partial charge < -0.3 is 10.3 Å². The standard InChI is InChI=1S/C24H23F4N7S/c1-13-14(2-3-19-17(13)6-15(9-29)33-19)10-35-5-4-20(23(25,30)11-35)34-21-18-7-16(8-24(26,27)28)36-22(18)32-12-31-21/h2-3,6-7,12,20,33H,4-5,8,10-11,30H2,1H3,(H,31,32,34). The van der Waals surface area contributed by atoms with Crippen molar-refractivity contribution in [2.24, 2.45) is 5.73 Å². The smallest absolute Gasteiger partial charge is 0.362 e. The van der Waals surface area contributed by atoms with Gasteiger partial charge in [0.2, 0.25) is 0 Å². The number of hydrogen-bond acceptors (Lipinski definition) is 7. The number of aryl methyl sites for hydroxylation is 1. The van der Waals surface area contributed by atoms with E-state index in [1.165, 1.54) is 12.4 Å².